The Morgan fingerprint density at radius 2 is 2.24 bits per heavy atom. The molecule has 0 aliphatic heterocycles. The van der Waals surface area contributed by atoms with E-state index in [9.17, 15) is 10.1 Å². The van der Waals surface area contributed by atoms with Crippen LogP contribution in [0.2, 0.25) is 0 Å². The molecule has 1 aromatic rings. The van der Waals surface area contributed by atoms with Gasteiger partial charge < -0.3 is 10.2 Å². The quantitative estimate of drug-likeness (QED) is 0.619. The third kappa shape index (κ3) is 3.27. The van der Waals surface area contributed by atoms with E-state index in [1.165, 1.54) is 6.20 Å². The molecule has 0 radical (unpaired) electrons. The molecule has 1 N–H and O–H groups in total. The van der Waals surface area contributed by atoms with Crippen molar-refractivity contribution < 1.29 is 4.92 Å². The van der Waals surface area contributed by atoms with E-state index in [-0.39, 0.29) is 5.69 Å². The zero-order chi connectivity index (χ0) is 13.0. The van der Waals surface area contributed by atoms with Crippen LogP contribution in [0.3, 0.4) is 0 Å². The average molecular weight is 239 g/mol. The second-order valence-electron chi connectivity index (χ2n) is 4.18. The average Bonchev–Trinajstić information content (AvgIpc) is 2.27. The number of nitrogens with zero attached hydrogens (tertiary/aromatic N) is 4. The number of hydrogen-bond acceptors (Lipinski definition) is 6. The zero-order valence-corrected chi connectivity index (χ0v) is 10.5. The van der Waals surface area contributed by atoms with Gasteiger partial charge in [-0.3, -0.25) is 10.1 Å². The van der Waals surface area contributed by atoms with Crippen molar-refractivity contribution in [2.75, 3.05) is 30.9 Å². The molecule has 0 spiro atoms. The molecule has 1 heterocycles. The molecule has 0 bridgehead atoms. The van der Waals surface area contributed by atoms with Crippen LogP contribution in [0.5, 0.6) is 0 Å². The fourth-order valence-electron chi connectivity index (χ4n) is 1.53. The molecule has 94 valence electrons. The summed E-state index contributed by atoms with van der Waals surface area (Å²) in [5, 5.41) is 13.7. The molecule has 7 heteroatoms. The molecular weight excluding hydrogens is 222 g/mol. The van der Waals surface area contributed by atoms with E-state index in [0.29, 0.717) is 24.2 Å². The highest BCUT2D eigenvalue weighted by Gasteiger charge is 2.20. The summed E-state index contributed by atoms with van der Waals surface area (Å²) in [5.41, 5.74) is -0.0767. The van der Waals surface area contributed by atoms with Crippen molar-refractivity contribution in [1.82, 2.24) is 9.97 Å². The minimum absolute atomic E-state index is 0.0767. The summed E-state index contributed by atoms with van der Waals surface area (Å²) in [6.45, 7) is 4.78. The lowest BCUT2D eigenvalue weighted by Crippen LogP contribution is -2.24. The van der Waals surface area contributed by atoms with Gasteiger partial charge in [-0.05, 0) is 5.92 Å². The van der Waals surface area contributed by atoms with Gasteiger partial charge in [-0.25, -0.2) is 4.98 Å². The van der Waals surface area contributed by atoms with Crippen LogP contribution < -0.4 is 10.2 Å². The Kier molecular flexibility index (Phi) is 4.19. The smallest absolute Gasteiger partial charge is 0.329 e. The summed E-state index contributed by atoms with van der Waals surface area (Å²) in [7, 11) is 3.46. The maximum atomic E-state index is 10.9. The summed E-state index contributed by atoms with van der Waals surface area (Å²) in [4.78, 5) is 20.2. The first-order chi connectivity index (χ1) is 7.95. The second-order valence-corrected chi connectivity index (χ2v) is 4.18. The van der Waals surface area contributed by atoms with Gasteiger partial charge in [0.1, 0.15) is 6.20 Å². The van der Waals surface area contributed by atoms with Crippen molar-refractivity contribution in [2.24, 2.45) is 5.92 Å². The normalized spacial score (nSPS) is 10.4. The Bertz CT molecular complexity index is 408. The first-order valence-electron chi connectivity index (χ1n) is 5.36. The standard InChI is InChI=1S/C10H17N5O2/c1-7(2)6-14(4)9-8(15(16)17)5-12-10(11-3)13-9/h5,7H,6H2,1-4H3,(H,11,12,13). The van der Waals surface area contributed by atoms with Gasteiger partial charge >= 0.3 is 5.69 Å². The highest BCUT2D eigenvalue weighted by molar-refractivity contribution is 5.58. The Balaban J connectivity index is 3.12. The van der Waals surface area contributed by atoms with Crippen molar-refractivity contribution in [3.63, 3.8) is 0 Å². The van der Waals surface area contributed by atoms with E-state index in [1.807, 2.05) is 13.8 Å². The van der Waals surface area contributed by atoms with Gasteiger partial charge in [-0.2, -0.15) is 4.98 Å². The maximum Gasteiger partial charge on any atom is 0.329 e. The molecule has 0 atom stereocenters. The SMILES string of the molecule is CNc1ncc([N+](=O)[O-])c(N(C)CC(C)C)n1. The number of nitro groups is 1. The highest BCUT2D eigenvalue weighted by Crippen LogP contribution is 2.25. The zero-order valence-electron chi connectivity index (χ0n) is 10.5. The molecule has 17 heavy (non-hydrogen) atoms. The number of hydrogen-bond donors (Lipinski definition) is 1. The van der Waals surface area contributed by atoms with E-state index >= 15 is 0 Å². The van der Waals surface area contributed by atoms with E-state index < -0.39 is 4.92 Å². The number of nitrogens with one attached hydrogen (secondary N) is 1. The number of aromatic nitrogens is 2. The van der Waals surface area contributed by atoms with Gasteiger partial charge in [0.05, 0.1) is 4.92 Å². The lowest BCUT2D eigenvalue weighted by Gasteiger charge is -2.20. The third-order valence-corrected chi connectivity index (χ3v) is 2.17. The highest BCUT2D eigenvalue weighted by atomic mass is 16.6. The molecule has 0 unspecified atom stereocenters. The van der Waals surface area contributed by atoms with Crippen molar-refractivity contribution in [2.45, 2.75) is 13.8 Å². The summed E-state index contributed by atoms with van der Waals surface area (Å²) in [5.74, 6) is 1.11. The van der Waals surface area contributed by atoms with E-state index in [2.05, 4.69) is 15.3 Å². The molecular formula is C10H17N5O2. The first kappa shape index (κ1) is 13.1. The predicted octanol–water partition coefficient (Wildman–Crippen LogP) is 1.52. The molecule has 1 aromatic heterocycles. The van der Waals surface area contributed by atoms with Crippen LogP contribution >= 0.6 is 0 Å². The second kappa shape index (κ2) is 5.42. The van der Waals surface area contributed by atoms with Crippen molar-refractivity contribution in [3.05, 3.63) is 16.3 Å². The van der Waals surface area contributed by atoms with E-state index in [0.717, 1.165) is 0 Å². The third-order valence-electron chi connectivity index (χ3n) is 2.17. The lowest BCUT2D eigenvalue weighted by molar-refractivity contribution is -0.384. The molecule has 0 amide bonds. The number of anilines is 2. The van der Waals surface area contributed by atoms with Crippen molar-refractivity contribution in [3.8, 4) is 0 Å². The molecule has 0 saturated carbocycles. The van der Waals surface area contributed by atoms with E-state index in [4.69, 9.17) is 0 Å². The summed E-state index contributed by atoms with van der Waals surface area (Å²) in [6, 6.07) is 0. The monoisotopic (exact) mass is 239 g/mol. The molecule has 0 saturated heterocycles. The molecule has 0 fully saturated rings. The topological polar surface area (TPSA) is 84.2 Å². The van der Waals surface area contributed by atoms with Crippen molar-refractivity contribution in [1.29, 1.82) is 0 Å². The molecule has 0 aliphatic carbocycles. The summed E-state index contributed by atoms with van der Waals surface area (Å²) < 4.78 is 0. The van der Waals surface area contributed by atoms with Gasteiger partial charge in [-0.15, -0.1) is 0 Å². The Hall–Kier alpha value is -1.92. The Morgan fingerprint density at radius 1 is 1.59 bits per heavy atom. The Morgan fingerprint density at radius 3 is 2.71 bits per heavy atom. The Labute approximate surface area is 100 Å². The molecule has 7 nitrogen and oxygen atoms in total. The molecule has 1 rings (SSSR count). The largest absolute Gasteiger partial charge is 0.357 e. The van der Waals surface area contributed by atoms with Gasteiger partial charge in [0.25, 0.3) is 0 Å². The van der Waals surface area contributed by atoms with Crippen LogP contribution in [0.4, 0.5) is 17.5 Å². The first-order valence-corrected chi connectivity index (χ1v) is 5.36. The van der Waals surface area contributed by atoms with Gasteiger partial charge in [0, 0.05) is 20.6 Å². The predicted molar refractivity (Wildman–Crippen MR) is 66.3 cm³/mol. The van der Waals surface area contributed by atoms with Gasteiger partial charge in [0.15, 0.2) is 0 Å². The fourth-order valence-corrected chi connectivity index (χ4v) is 1.53. The summed E-state index contributed by atoms with van der Waals surface area (Å²) in [6.07, 6.45) is 1.23. The maximum absolute atomic E-state index is 10.9. The van der Waals surface area contributed by atoms with Crippen LogP contribution in [-0.4, -0.2) is 35.5 Å². The molecule has 0 aliphatic rings. The van der Waals surface area contributed by atoms with E-state index in [1.54, 1.807) is 19.0 Å². The fraction of sp³-hybridized carbons (Fsp3) is 0.600. The van der Waals surface area contributed by atoms with Crippen LogP contribution in [-0.2, 0) is 0 Å². The molecule has 0 aromatic carbocycles. The van der Waals surface area contributed by atoms with Crippen LogP contribution in [0.1, 0.15) is 13.8 Å². The summed E-state index contributed by atoms with van der Waals surface area (Å²) >= 11 is 0. The minimum Gasteiger partial charge on any atom is -0.357 e. The minimum atomic E-state index is -0.467. The van der Waals surface area contributed by atoms with Gasteiger partial charge in [0.2, 0.25) is 11.8 Å². The lowest BCUT2D eigenvalue weighted by atomic mass is 10.2. The van der Waals surface area contributed by atoms with Crippen LogP contribution in [0.25, 0.3) is 0 Å². The van der Waals surface area contributed by atoms with Crippen LogP contribution in [0.15, 0.2) is 6.20 Å². The number of rotatable bonds is 5. The van der Waals surface area contributed by atoms with Crippen molar-refractivity contribution >= 4 is 17.5 Å². The van der Waals surface area contributed by atoms with Crippen LogP contribution in [0, 0.1) is 16.0 Å². The van der Waals surface area contributed by atoms with Gasteiger partial charge in [-0.1, -0.05) is 13.8 Å².